The maximum absolute atomic E-state index is 11.2. The molecule has 0 unspecified atom stereocenters. The maximum Gasteiger partial charge on any atom is 0.314 e. The van der Waals surface area contributed by atoms with Gasteiger partial charge in [-0.15, -0.1) is 0 Å². The van der Waals surface area contributed by atoms with E-state index < -0.39 is 0 Å². The lowest BCUT2D eigenvalue weighted by molar-refractivity contribution is -0.135. The first-order valence-electron chi connectivity index (χ1n) is 4.33. The molecule has 0 saturated heterocycles. The third kappa shape index (κ3) is 1.99. The molecule has 0 bridgehead atoms. The highest BCUT2D eigenvalue weighted by atomic mass is 16.5. The topological polar surface area (TPSA) is 52.3 Å². The molecule has 0 aromatic heterocycles. The van der Waals surface area contributed by atoms with E-state index in [2.05, 4.69) is 0 Å². The predicted molar refractivity (Wildman–Crippen MR) is 49.2 cm³/mol. The Kier molecular flexibility index (Phi) is 1.93. The van der Waals surface area contributed by atoms with E-state index in [0.29, 0.717) is 11.4 Å². The monoisotopic (exact) mass is 177 g/mol. The summed E-state index contributed by atoms with van der Waals surface area (Å²) in [6.07, 6.45) is 1.92. The van der Waals surface area contributed by atoms with Crippen molar-refractivity contribution < 1.29 is 9.53 Å². The fourth-order valence-electron chi connectivity index (χ4n) is 1.10. The molecule has 2 N–H and O–H groups in total. The minimum Gasteiger partial charge on any atom is -0.426 e. The highest BCUT2D eigenvalue weighted by molar-refractivity contribution is 5.77. The summed E-state index contributed by atoms with van der Waals surface area (Å²) in [5, 5.41) is 0. The van der Waals surface area contributed by atoms with Crippen molar-refractivity contribution in [1.29, 1.82) is 0 Å². The van der Waals surface area contributed by atoms with Crippen molar-refractivity contribution in [3.8, 4) is 5.75 Å². The van der Waals surface area contributed by atoms with Crippen molar-refractivity contribution in [3.05, 3.63) is 24.3 Å². The Balaban J connectivity index is 2.04. The standard InChI is InChI=1S/C10H11NO2/c11-8-2-1-3-9(6-8)13-10(12)7-4-5-7/h1-3,6-7H,4-5,11H2. The van der Waals surface area contributed by atoms with Gasteiger partial charge >= 0.3 is 5.97 Å². The van der Waals surface area contributed by atoms with Gasteiger partial charge in [0.05, 0.1) is 5.92 Å². The van der Waals surface area contributed by atoms with Crippen molar-refractivity contribution >= 4 is 11.7 Å². The van der Waals surface area contributed by atoms with E-state index in [9.17, 15) is 4.79 Å². The molecule has 0 spiro atoms. The minimum atomic E-state index is -0.134. The summed E-state index contributed by atoms with van der Waals surface area (Å²) in [6.45, 7) is 0. The van der Waals surface area contributed by atoms with Gasteiger partial charge in [-0.25, -0.2) is 0 Å². The normalized spacial score (nSPS) is 15.4. The van der Waals surface area contributed by atoms with E-state index in [1.54, 1.807) is 24.3 Å². The molecule has 0 heterocycles. The SMILES string of the molecule is Nc1cccc(OC(=O)C2CC2)c1. The number of hydrogen-bond donors (Lipinski definition) is 1. The molecule has 0 radical (unpaired) electrons. The van der Waals surface area contributed by atoms with Gasteiger partial charge in [-0.3, -0.25) is 4.79 Å². The number of ether oxygens (including phenoxy) is 1. The molecule has 0 atom stereocenters. The summed E-state index contributed by atoms with van der Waals surface area (Å²) in [5.74, 6) is 0.531. The van der Waals surface area contributed by atoms with Crippen LogP contribution in [0.4, 0.5) is 5.69 Å². The quantitative estimate of drug-likeness (QED) is 0.424. The lowest BCUT2D eigenvalue weighted by atomic mass is 10.3. The van der Waals surface area contributed by atoms with Gasteiger partial charge < -0.3 is 10.5 Å². The number of rotatable bonds is 2. The van der Waals surface area contributed by atoms with Crippen LogP contribution < -0.4 is 10.5 Å². The van der Waals surface area contributed by atoms with Gasteiger partial charge in [0.2, 0.25) is 0 Å². The fourth-order valence-corrected chi connectivity index (χ4v) is 1.10. The van der Waals surface area contributed by atoms with Crippen molar-refractivity contribution in [1.82, 2.24) is 0 Å². The highest BCUT2D eigenvalue weighted by Crippen LogP contribution is 2.30. The van der Waals surface area contributed by atoms with Crippen molar-refractivity contribution in [3.63, 3.8) is 0 Å². The fraction of sp³-hybridized carbons (Fsp3) is 0.300. The van der Waals surface area contributed by atoms with E-state index >= 15 is 0 Å². The summed E-state index contributed by atoms with van der Waals surface area (Å²) in [5.41, 5.74) is 6.15. The van der Waals surface area contributed by atoms with Crippen LogP contribution >= 0.6 is 0 Å². The van der Waals surface area contributed by atoms with E-state index in [1.165, 1.54) is 0 Å². The zero-order valence-corrected chi connectivity index (χ0v) is 7.19. The number of carbonyl (C=O) groups is 1. The zero-order valence-electron chi connectivity index (χ0n) is 7.19. The van der Waals surface area contributed by atoms with Crippen LogP contribution in [0.2, 0.25) is 0 Å². The lowest BCUT2D eigenvalue weighted by Gasteiger charge is -2.02. The molecule has 13 heavy (non-hydrogen) atoms. The van der Waals surface area contributed by atoms with Crippen molar-refractivity contribution in [2.75, 3.05) is 5.73 Å². The van der Waals surface area contributed by atoms with Crippen molar-refractivity contribution in [2.45, 2.75) is 12.8 Å². The molecule has 3 heteroatoms. The Hall–Kier alpha value is -1.51. The van der Waals surface area contributed by atoms with Crippen LogP contribution in [0, 0.1) is 5.92 Å². The molecule has 3 nitrogen and oxygen atoms in total. The third-order valence-electron chi connectivity index (χ3n) is 1.99. The second kappa shape index (κ2) is 3.09. The molecule has 1 saturated carbocycles. The molecule has 1 aliphatic carbocycles. The summed E-state index contributed by atoms with van der Waals surface area (Å²) >= 11 is 0. The summed E-state index contributed by atoms with van der Waals surface area (Å²) in [4.78, 5) is 11.2. The molecule has 1 aliphatic rings. The molecule has 1 aromatic rings. The molecule has 1 fully saturated rings. The van der Waals surface area contributed by atoms with Crippen LogP contribution in [0.25, 0.3) is 0 Å². The summed E-state index contributed by atoms with van der Waals surface area (Å²) in [6, 6.07) is 6.91. The zero-order chi connectivity index (χ0) is 9.26. The van der Waals surface area contributed by atoms with Gasteiger partial charge in [0.1, 0.15) is 5.75 Å². The molecule has 0 aliphatic heterocycles. The van der Waals surface area contributed by atoms with Gasteiger partial charge in [-0.1, -0.05) is 6.07 Å². The van der Waals surface area contributed by atoms with Crippen LogP contribution in [0.1, 0.15) is 12.8 Å². The third-order valence-corrected chi connectivity index (χ3v) is 1.99. The smallest absolute Gasteiger partial charge is 0.314 e. The molecule has 1 aromatic carbocycles. The molecule has 68 valence electrons. The molecule has 2 rings (SSSR count). The van der Waals surface area contributed by atoms with E-state index in [0.717, 1.165) is 12.8 Å². The Morgan fingerprint density at radius 3 is 2.85 bits per heavy atom. The second-order valence-electron chi connectivity index (χ2n) is 3.27. The Morgan fingerprint density at radius 2 is 2.23 bits per heavy atom. The first-order valence-corrected chi connectivity index (χ1v) is 4.33. The number of esters is 1. The Bertz CT molecular complexity index is 331. The largest absolute Gasteiger partial charge is 0.426 e. The second-order valence-corrected chi connectivity index (χ2v) is 3.27. The summed E-state index contributed by atoms with van der Waals surface area (Å²) in [7, 11) is 0. The number of carbonyl (C=O) groups excluding carboxylic acids is 1. The summed E-state index contributed by atoms with van der Waals surface area (Å²) < 4.78 is 5.10. The van der Waals surface area contributed by atoms with Gasteiger partial charge in [0.15, 0.2) is 0 Å². The maximum atomic E-state index is 11.2. The van der Waals surface area contributed by atoms with Gasteiger partial charge in [-0.05, 0) is 25.0 Å². The average molecular weight is 177 g/mol. The van der Waals surface area contributed by atoms with Gasteiger partial charge in [-0.2, -0.15) is 0 Å². The molecular formula is C10H11NO2. The number of anilines is 1. The van der Waals surface area contributed by atoms with Gasteiger partial charge in [0, 0.05) is 11.8 Å². The van der Waals surface area contributed by atoms with E-state index in [4.69, 9.17) is 10.5 Å². The van der Waals surface area contributed by atoms with E-state index in [1.807, 2.05) is 0 Å². The van der Waals surface area contributed by atoms with Crippen LogP contribution in [0.5, 0.6) is 5.75 Å². The molecular weight excluding hydrogens is 166 g/mol. The first kappa shape index (κ1) is 8.10. The number of nitrogens with two attached hydrogens (primary N) is 1. The lowest BCUT2D eigenvalue weighted by Crippen LogP contribution is -2.09. The van der Waals surface area contributed by atoms with E-state index in [-0.39, 0.29) is 11.9 Å². The van der Waals surface area contributed by atoms with Crippen molar-refractivity contribution in [2.24, 2.45) is 5.92 Å². The van der Waals surface area contributed by atoms with Gasteiger partial charge in [0.25, 0.3) is 0 Å². The Morgan fingerprint density at radius 1 is 1.46 bits per heavy atom. The van der Waals surface area contributed by atoms with Crippen LogP contribution in [-0.4, -0.2) is 5.97 Å². The van der Waals surface area contributed by atoms with Crippen LogP contribution in [0.3, 0.4) is 0 Å². The number of benzene rings is 1. The Labute approximate surface area is 76.5 Å². The predicted octanol–water partition coefficient (Wildman–Crippen LogP) is 1.58. The molecule has 0 amide bonds. The average Bonchev–Trinajstić information content (AvgIpc) is 2.85. The van der Waals surface area contributed by atoms with Crippen LogP contribution in [-0.2, 0) is 4.79 Å². The minimum absolute atomic E-state index is 0.126. The number of nitrogen functional groups attached to an aromatic ring is 1. The first-order chi connectivity index (χ1) is 6.25. The highest BCUT2D eigenvalue weighted by Gasteiger charge is 2.31. The number of hydrogen-bond acceptors (Lipinski definition) is 3. The van der Waals surface area contributed by atoms with Crippen LogP contribution in [0.15, 0.2) is 24.3 Å².